The molecule has 1 aliphatic heterocycles. The molecule has 2 fully saturated rings. The summed E-state index contributed by atoms with van der Waals surface area (Å²) < 4.78 is 6.32. The molecule has 0 radical (unpaired) electrons. The molecule has 2 aliphatic rings. The summed E-state index contributed by atoms with van der Waals surface area (Å²) in [4.78, 5) is 18.4. The highest BCUT2D eigenvalue weighted by Gasteiger charge is 2.26. The van der Waals surface area contributed by atoms with Crippen molar-refractivity contribution in [3.63, 3.8) is 0 Å². The Hall–Kier alpha value is -2.84. The Morgan fingerprint density at radius 3 is 2.55 bits per heavy atom. The first-order valence-corrected chi connectivity index (χ1v) is 12.0. The maximum atomic E-state index is 9.98. The molecule has 0 bridgehead atoms. The number of pyridine rings is 2. The maximum Gasteiger partial charge on any atom is 0.224 e. The van der Waals surface area contributed by atoms with Crippen molar-refractivity contribution in [3.05, 3.63) is 48.0 Å². The van der Waals surface area contributed by atoms with Crippen molar-refractivity contribution in [1.82, 2.24) is 25.3 Å². The molecule has 3 aromatic rings. The monoisotopic (exact) mass is 448 g/mol. The van der Waals surface area contributed by atoms with Crippen LogP contribution in [0.25, 0.3) is 10.9 Å². The van der Waals surface area contributed by atoms with Crippen molar-refractivity contribution < 1.29 is 9.84 Å². The van der Waals surface area contributed by atoms with Crippen molar-refractivity contribution in [2.24, 2.45) is 0 Å². The van der Waals surface area contributed by atoms with Gasteiger partial charge in [0.2, 0.25) is 11.8 Å². The van der Waals surface area contributed by atoms with Crippen LogP contribution in [-0.2, 0) is 0 Å². The zero-order chi connectivity index (χ0) is 22.6. The molecular weight excluding hydrogens is 416 g/mol. The first kappa shape index (κ1) is 22.0. The molecule has 33 heavy (non-hydrogen) atoms. The van der Waals surface area contributed by atoms with Gasteiger partial charge in [-0.15, -0.1) is 0 Å². The van der Waals surface area contributed by atoms with E-state index in [-0.39, 0.29) is 18.2 Å². The largest absolute Gasteiger partial charge is 0.474 e. The summed E-state index contributed by atoms with van der Waals surface area (Å²) in [5, 5.41) is 17.6. The number of nitrogens with zero attached hydrogens (tertiary/aromatic N) is 4. The lowest BCUT2D eigenvalue weighted by Crippen LogP contribution is -2.34. The van der Waals surface area contributed by atoms with E-state index in [2.05, 4.69) is 27.5 Å². The minimum absolute atomic E-state index is 0.0472. The molecule has 3 aromatic heterocycles. The Labute approximate surface area is 194 Å². The summed E-state index contributed by atoms with van der Waals surface area (Å²) in [6, 6.07) is 4.03. The molecule has 0 spiro atoms. The summed E-state index contributed by atoms with van der Waals surface area (Å²) in [6.07, 6.45) is 12.8. The average Bonchev–Trinajstić information content (AvgIpc) is 2.86. The van der Waals surface area contributed by atoms with Gasteiger partial charge in [0, 0.05) is 30.4 Å². The number of fused-ring (bicyclic) bond motifs is 1. The van der Waals surface area contributed by atoms with E-state index >= 15 is 0 Å². The standard InChI is InChI=1S/C25H32N6O2/c1-16(17-6-10-26-11-7-17)30-25-29-15-22-23(31-25)21(18-2-4-19(32)5-3-18)14-28-24(22)33-20-8-12-27-13-9-20/h6-7,10-11,14-16,18-20,27,32H,2-5,8-9,12-13H2,1H3,(H,29,30,31)/t16?,18-,19-. The fourth-order valence-corrected chi connectivity index (χ4v) is 4.87. The van der Waals surface area contributed by atoms with Gasteiger partial charge in [0.05, 0.1) is 23.0 Å². The van der Waals surface area contributed by atoms with Crippen LogP contribution in [-0.4, -0.2) is 50.3 Å². The van der Waals surface area contributed by atoms with Crippen molar-refractivity contribution >= 4 is 16.9 Å². The third-order valence-electron chi connectivity index (χ3n) is 6.87. The topological polar surface area (TPSA) is 105 Å². The Kier molecular flexibility index (Phi) is 6.64. The average molecular weight is 449 g/mol. The number of hydrogen-bond donors (Lipinski definition) is 3. The number of aromatic nitrogens is 4. The number of anilines is 1. The van der Waals surface area contributed by atoms with Crippen LogP contribution in [0.5, 0.6) is 5.88 Å². The van der Waals surface area contributed by atoms with E-state index in [1.54, 1.807) is 12.4 Å². The van der Waals surface area contributed by atoms with Crippen LogP contribution in [0, 0.1) is 0 Å². The number of hydrogen-bond acceptors (Lipinski definition) is 8. The minimum Gasteiger partial charge on any atom is -0.474 e. The van der Waals surface area contributed by atoms with Crippen LogP contribution >= 0.6 is 0 Å². The van der Waals surface area contributed by atoms with Crippen LogP contribution in [0.15, 0.2) is 36.9 Å². The van der Waals surface area contributed by atoms with Gasteiger partial charge in [0.25, 0.3) is 0 Å². The molecule has 0 aromatic carbocycles. The van der Waals surface area contributed by atoms with E-state index in [0.717, 1.165) is 73.6 Å². The maximum absolute atomic E-state index is 9.98. The fourth-order valence-electron chi connectivity index (χ4n) is 4.87. The molecule has 3 N–H and O–H groups in total. The van der Waals surface area contributed by atoms with Crippen molar-refractivity contribution in [3.8, 4) is 5.88 Å². The molecule has 4 heterocycles. The van der Waals surface area contributed by atoms with Gasteiger partial charge < -0.3 is 20.5 Å². The van der Waals surface area contributed by atoms with E-state index < -0.39 is 0 Å². The Balaban J connectivity index is 1.48. The van der Waals surface area contributed by atoms with E-state index in [1.165, 1.54) is 0 Å². The van der Waals surface area contributed by atoms with Crippen LogP contribution in [0.3, 0.4) is 0 Å². The highest BCUT2D eigenvalue weighted by Crippen LogP contribution is 2.38. The van der Waals surface area contributed by atoms with Crippen molar-refractivity contribution in [2.75, 3.05) is 18.4 Å². The number of piperidine rings is 1. The Morgan fingerprint density at radius 1 is 1.03 bits per heavy atom. The molecule has 8 nitrogen and oxygen atoms in total. The van der Waals surface area contributed by atoms with Gasteiger partial charge in [-0.05, 0) is 82.2 Å². The number of rotatable bonds is 6. The second-order valence-corrected chi connectivity index (χ2v) is 9.19. The van der Waals surface area contributed by atoms with E-state index in [9.17, 15) is 5.11 Å². The third-order valence-corrected chi connectivity index (χ3v) is 6.87. The molecule has 1 aliphatic carbocycles. The van der Waals surface area contributed by atoms with E-state index in [4.69, 9.17) is 14.7 Å². The predicted molar refractivity (Wildman–Crippen MR) is 127 cm³/mol. The summed E-state index contributed by atoms with van der Waals surface area (Å²) in [5.41, 5.74) is 3.14. The second-order valence-electron chi connectivity index (χ2n) is 9.19. The van der Waals surface area contributed by atoms with Gasteiger partial charge in [-0.3, -0.25) is 4.98 Å². The van der Waals surface area contributed by atoms with Gasteiger partial charge in [0.1, 0.15) is 6.10 Å². The summed E-state index contributed by atoms with van der Waals surface area (Å²) in [6.45, 7) is 4.01. The van der Waals surface area contributed by atoms with Crippen molar-refractivity contribution in [2.45, 2.75) is 69.6 Å². The number of ether oxygens (including phenoxy) is 1. The van der Waals surface area contributed by atoms with Crippen LogP contribution in [0.1, 0.15) is 68.5 Å². The predicted octanol–water partition coefficient (Wildman–Crippen LogP) is 3.74. The molecule has 1 saturated heterocycles. The highest BCUT2D eigenvalue weighted by atomic mass is 16.5. The highest BCUT2D eigenvalue weighted by molar-refractivity contribution is 5.86. The zero-order valence-corrected chi connectivity index (χ0v) is 19.1. The number of aliphatic hydroxyl groups excluding tert-OH is 1. The van der Waals surface area contributed by atoms with E-state index in [1.807, 2.05) is 24.5 Å². The Morgan fingerprint density at radius 2 is 1.79 bits per heavy atom. The van der Waals surface area contributed by atoms with Gasteiger partial charge in [-0.2, -0.15) is 0 Å². The third kappa shape index (κ3) is 5.07. The first-order chi connectivity index (χ1) is 16.2. The van der Waals surface area contributed by atoms with Crippen LogP contribution in [0.4, 0.5) is 5.95 Å². The van der Waals surface area contributed by atoms with Gasteiger partial charge in [0.15, 0.2) is 0 Å². The fraction of sp³-hybridized carbons (Fsp3) is 0.520. The summed E-state index contributed by atoms with van der Waals surface area (Å²) in [5.74, 6) is 1.53. The lowest BCUT2D eigenvalue weighted by molar-refractivity contribution is 0.122. The van der Waals surface area contributed by atoms with E-state index in [0.29, 0.717) is 17.7 Å². The molecular formula is C25H32N6O2. The first-order valence-electron chi connectivity index (χ1n) is 12.0. The molecule has 1 unspecified atom stereocenters. The summed E-state index contributed by atoms with van der Waals surface area (Å²) >= 11 is 0. The second kappa shape index (κ2) is 9.97. The van der Waals surface area contributed by atoms with Crippen molar-refractivity contribution in [1.29, 1.82) is 0 Å². The molecule has 174 valence electrons. The summed E-state index contributed by atoms with van der Waals surface area (Å²) in [7, 11) is 0. The lowest BCUT2D eigenvalue weighted by Gasteiger charge is -2.27. The van der Waals surface area contributed by atoms with Gasteiger partial charge in [-0.1, -0.05) is 0 Å². The zero-order valence-electron chi connectivity index (χ0n) is 19.1. The molecule has 8 heteroatoms. The Bertz CT molecular complexity index is 1070. The quantitative estimate of drug-likeness (QED) is 0.524. The van der Waals surface area contributed by atoms with Crippen LogP contribution < -0.4 is 15.4 Å². The van der Waals surface area contributed by atoms with Gasteiger partial charge in [-0.25, -0.2) is 15.0 Å². The number of aliphatic hydroxyl groups is 1. The molecule has 5 rings (SSSR count). The number of nitrogens with one attached hydrogen (secondary N) is 2. The smallest absolute Gasteiger partial charge is 0.224 e. The molecule has 1 saturated carbocycles. The molecule has 1 atom stereocenters. The normalized spacial score (nSPS) is 22.7. The molecule has 0 amide bonds. The lowest BCUT2D eigenvalue weighted by atomic mass is 9.83. The van der Waals surface area contributed by atoms with Gasteiger partial charge >= 0.3 is 0 Å². The SMILES string of the molecule is CC(Nc1ncc2c(OC3CCNCC3)ncc([C@H]3CC[C@H](O)CC3)c2n1)c1ccncc1. The minimum atomic E-state index is -0.198. The van der Waals surface area contributed by atoms with Crippen LogP contribution in [0.2, 0.25) is 0 Å².